The summed E-state index contributed by atoms with van der Waals surface area (Å²) in [5, 5.41) is 4.42. The van der Waals surface area contributed by atoms with E-state index in [2.05, 4.69) is 30.8 Å². The highest BCUT2D eigenvalue weighted by Gasteiger charge is 2.63. The molecule has 4 saturated carbocycles. The van der Waals surface area contributed by atoms with Crippen molar-refractivity contribution in [1.82, 2.24) is 0 Å². The van der Waals surface area contributed by atoms with Gasteiger partial charge in [0.25, 0.3) is 0 Å². The van der Waals surface area contributed by atoms with Crippen molar-refractivity contribution in [2.45, 2.75) is 104 Å². The summed E-state index contributed by atoms with van der Waals surface area (Å²) in [7, 11) is 1.47. The fraction of sp³-hybridized carbons (Fsp3) is 0.926. The standard InChI is InChI=1S/C27H43N3O4/c1-16(6-9-24(32)33-5)20-7-8-21-25-22(11-13-27(20,21)4)26(3)12-10-19(34-17(2)31)14-18(26)15-23(25)29-30-28/h16,18-23,25H,6-15H2,1-5H3/t16-,18+,19-,20-,21+,22+,23+,25+,26+,27-/m1/s1. The van der Waals surface area contributed by atoms with Crippen molar-refractivity contribution in [3.05, 3.63) is 10.4 Å². The van der Waals surface area contributed by atoms with Gasteiger partial charge in [0.2, 0.25) is 0 Å². The first-order valence-corrected chi connectivity index (χ1v) is 13.4. The Hall–Kier alpha value is -1.75. The average Bonchev–Trinajstić information content (AvgIpc) is 3.15. The van der Waals surface area contributed by atoms with E-state index in [1.165, 1.54) is 39.7 Å². The molecule has 0 amide bonds. The predicted molar refractivity (Wildman–Crippen MR) is 130 cm³/mol. The second kappa shape index (κ2) is 9.72. The predicted octanol–water partition coefficient (Wildman–Crippen LogP) is 6.46. The number of hydrogen-bond acceptors (Lipinski definition) is 5. The lowest BCUT2D eigenvalue weighted by Crippen LogP contribution is -2.58. The zero-order chi connectivity index (χ0) is 24.7. The molecule has 0 bridgehead atoms. The SMILES string of the molecule is COC(=O)CC[C@@H](C)[C@H]1CC[C@H]2[C@@H]3[C@@H](N=[N+]=[N-])C[C@@H]4C[C@H](OC(C)=O)CC[C@]4(C)[C@H]3CC[C@]12C. The van der Waals surface area contributed by atoms with E-state index in [1.54, 1.807) is 0 Å². The van der Waals surface area contributed by atoms with Gasteiger partial charge in [-0.2, -0.15) is 0 Å². The van der Waals surface area contributed by atoms with Crippen LogP contribution in [0.2, 0.25) is 0 Å². The zero-order valence-corrected chi connectivity index (χ0v) is 21.7. The molecular weight excluding hydrogens is 430 g/mol. The maximum Gasteiger partial charge on any atom is 0.305 e. The highest BCUT2D eigenvalue weighted by atomic mass is 16.5. The molecule has 0 saturated heterocycles. The van der Waals surface area contributed by atoms with E-state index < -0.39 is 0 Å². The normalized spacial score (nSPS) is 44.0. The van der Waals surface area contributed by atoms with Crippen LogP contribution in [0.15, 0.2) is 5.11 Å². The summed E-state index contributed by atoms with van der Waals surface area (Å²) in [6.07, 6.45) is 9.99. The number of esters is 2. The molecule has 7 nitrogen and oxygen atoms in total. The summed E-state index contributed by atoms with van der Waals surface area (Å²) in [6.45, 7) is 8.77. The molecule has 0 aliphatic heterocycles. The summed E-state index contributed by atoms with van der Waals surface area (Å²) < 4.78 is 10.5. The van der Waals surface area contributed by atoms with E-state index in [0.717, 1.165) is 32.1 Å². The van der Waals surface area contributed by atoms with Crippen molar-refractivity contribution in [2.75, 3.05) is 7.11 Å². The van der Waals surface area contributed by atoms with Crippen LogP contribution in [-0.4, -0.2) is 31.2 Å². The Kier molecular flexibility index (Phi) is 7.24. The molecule has 4 fully saturated rings. The number of azide groups is 1. The van der Waals surface area contributed by atoms with Gasteiger partial charge in [0, 0.05) is 24.3 Å². The summed E-state index contributed by atoms with van der Waals surface area (Å²) in [5.74, 6) is 2.75. The minimum Gasteiger partial charge on any atom is -0.469 e. The lowest BCUT2D eigenvalue weighted by molar-refractivity contribution is -0.162. The summed E-state index contributed by atoms with van der Waals surface area (Å²) in [6, 6.07) is 0.0258. The van der Waals surface area contributed by atoms with Crippen molar-refractivity contribution in [3.8, 4) is 0 Å². The molecule has 0 unspecified atom stereocenters. The molecule has 0 radical (unpaired) electrons. The maximum atomic E-state index is 11.8. The van der Waals surface area contributed by atoms with Crippen LogP contribution >= 0.6 is 0 Å². The minimum atomic E-state index is -0.194. The van der Waals surface area contributed by atoms with E-state index in [1.807, 2.05) is 0 Å². The number of fused-ring (bicyclic) bond motifs is 5. The summed E-state index contributed by atoms with van der Waals surface area (Å²) >= 11 is 0. The molecule has 10 atom stereocenters. The third-order valence-electron chi connectivity index (χ3n) is 11.0. The molecule has 34 heavy (non-hydrogen) atoms. The number of hydrogen-bond donors (Lipinski definition) is 0. The lowest BCUT2D eigenvalue weighted by atomic mass is 9.43. The molecule has 0 aromatic rings. The van der Waals surface area contributed by atoms with Gasteiger partial charge in [0.05, 0.1) is 7.11 Å². The van der Waals surface area contributed by atoms with Gasteiger partial charge in [-0.15, -0.1) is 0 Å². The van der Waals surface area contributed by atoms with Crippen LogP contribution in [0.5, 0.6) is 0 Å². The molecule has 4 aliphatic rings. The van der Waals surface area contributed by atoms with Crippen LogP contribution in [-0.2, 0) is 19.1 Å². The van der Waals surface area contributed by atoms with Crippen LogP contribution in [0.3, 0.4) is 0 Å². The van der Waals surface area contributed by atoms with E-state index in [0.29, 0.717) is 41.9 Å². The number of carbonyl (C=O) groups excluding carboxylic acids is 2. The molecular formula is C27H43N3O4. The highest BCUT2D eigenvalue weighted by Crippen LogP contribution is 2.68. The average molecular weight is 474 g/mol. The zero-order valence-electron chi connectivity index (χ0n) is 21.7. The Morgan fingerprint density at radius 1 is 1.09 bits per heavy atom. The molecule has 0 spiro atoms. The molecule has 7 heteroatoms. The fourth-order valence-corrected chi connectivity index (χ4v) is 9.34. The molecule has 0 N–H and O–H groups in total. The molecule has 4 rings (SSSR count). The van der Waals surface area contributed by atoms with Crippen LogP contribution in [0, 0.1) is 46.3 Å². The van der Waals surface area contributed by atoms with Gasteiger partial charge in [0.15, 0.2) is 0 Å². The Bertz CT molecular complexity index is 842. The number of methoxy groups -OCH3 is 1. The van der Waals surface area contributed by atoms with Gasteiger partial charge in [-0.05, 0) is 110 Å². The number of ether oxygens (including phenoxy) is 2. The molecule has 190 valence electrons. The van der Waals surface area contributed by atoms with Crippen molar-refractivity contribution in [1.29, 1.82) is 0 Å². The van der Waals surface area contributed by atoms with E-state index in [9.17, 15) is 15.1 Å². The monoisotopic (exact) mass is 473 g/mol. The Morgan fingerprint density at radius 2 is 1.79 bits per heavy atom. The second-order valence-electron chi connectivity index (χ2n) is 12.3. The smallest absolute Gasteiger partial charge is 0.305 e. The van der Waals surface area contributed by atoms with Crippen LogP contribution < -0.4 is 0 Å². The van der Waals surface area contributed by atoms with Gasteiger partial charge in [-0.25, -0.2) is 0 Å². The number of rotatable bonds is 6. The highest BCUT2D eigenvalue weighted by molar-refractivity contribution is 5.69. The number of carbonyl (C=O) groups is 2. The first-order chi connectivity index (χ1) is 16.1. The van der Waals surface area contributed by atoms with Crippen molar-refractivity contribution in [3.63, 3.8) is 0 Å². The van der Waals surface area contributed by atoms with Crippen molar-refractivity contribution < 1.29 is 19.1 Å². The van der Waals surface area contributed by atoms with Crippen LogP contribution in [0.25, 0.3) is 10.4 Å². The summed E-state index contributed by atoms with van der Waals surface area (Å²) in [5.41, 5.74) is 9.93. The number of nitrogens with zero attached hydrogens (tertiary/aromatic N) is 3. The largest absolute Gasteiger partial charge is 0.469 e. The summed E-state index contributed by atoms with van der Waals surface area (Å²) in [4.78, 5) is 26.6. The van der Waals surface area contributed by atoms with Gasteiger partial charge in [0.1, 0.15) is 6.10 Å². The van der Waals surface area contributed by atoms with Gasteiger partial charge >= 0.3 is 11.9 Å². The molecule has 0 heterocycles. The third kappa shape index (κ3) is 4.34. The molecule has 0 aromatic carbocycles. The van der Waals surface area contributed by atoms with Crippen LogP contribution in [0.1, 0.15) is 91.9 Å². The van der Waals surface area contributed by atoms with Gasteiger partial charge in [-0.3, -0.25) is 9.59 Å². The fourth-order valence-electron chi connectivity index (χ4n) is 9.34. The topological polar surface area (TPSA) is 101 Å². The third-order valence-corrected chi connectivity index (χ3v) is 11.0. The second-order valence-corrected chi connectivity index (χ2v) is 12.3. The first-order valence-electron chi connectivity index (χ1n) is 13.4. The Morgan fingerprint density at radius 3 is 2.47 bits per heavy atom. The van der Waals surface area contributed by atoms with Gasteiger partial charge in [-0.1, -0.05) is 25.9 Å². The van der Waals surface area contributed by atoms with Crippen LogP contribution in [0.4, 0.5) is 0 Å². The molecule has 0 aromatic heterocycles. The minimum absolute atomic E-state index is 0.000724. The maximum absolute atomic E-state index is 11.8. The van der Waals surface area contributed by atoms with Crippen molar-refractivity contribution >= 4 is 11.9 Å². The lowest BCUT2D eigenvalue weighted by Gasteiger charge is -2.63. The van der Waals surface area contributed by atoms with E-state index in [-0.39, 0.29) is 34.9 Å². The Balaban J connectivity index is 1.56. The quantitative estimate of drug-likeness (QED) is 0.191. The van der Waals surface area contributed by atoms with Gasteiger partial charge < -0.3 is 9.47 Å². The van der Waals surface area contributed by atoms with E-state index >= 15 is 0 Å². The van der Waals surface area contributed by atoms with E-state index in [4.69, 9.17) is 9.47 Å². The molecule has 4 aliphatic carbocycles. The van der Waals surface area contributed by atoms with Crippen molar-refractivity contribution in [2.24, 2.45) is 51.5 Å². The first kappa shape index (κ1) is 25.3. The Labute approximate surface area is 204 Å².